The minimum absolute atomic E-state index is 0.00741. The molecule has 4 heteroatoms. The molecule has 0 saturated heterocycles. The topological polar surface area (TPSA) is 60.4 Å². The number of hydrogen-bond acceptors (Lipinski definition) is 4. The van der Waals surface area contributed by atoms with Crippen LogP contribution in [0.15, 0.2) is 11.6 Å². The quantitative estimate of drug-likeness (QED) is 0.679. The van der Waals surface area contributed by atoms with Crippen molar-refractivity contribution in [2.24, 2.45) is 35.0 Å². The van der Waals surface area contributed by atoms with E-state index in [2.05, 4.69) is 13.8 Å². The van der Waals surface area contributed by atoms with E-state index in [0.717, 1.165) is 32.1 Å². The van der Waals surface area contributed by atoms with Crippen molar-refractivity contribution in [1.29, 1.82) is 0 Å². The minimum Gasteiger partial charge on any atom is -0.451 e. The van der Waals surface area contributed by atoms with Gasteiger partial charge in [-0.15, -0.1) is 0 Å². The first-order valence-corrected chi connectivity index (χ1v) is 10.6. The van der Waals surface area contributed by atoms with E-state index in [1.807, 2.05) is 6.08 Å². The van der Waals surface area contributed by atoms with Gasteiger partial charge in [-0.25, -0.2) is 0 Å². The molecule has 0 radical (unpaired) electrons. The van der Waals surface area contributed by atoms with Crippen LogP contribution in [-0.2, 0) is 19.1 Å². The molecule has 0 aromatic carbocycles. The maximum Gasteiger partial charge on any atom is 0.303 e. The first-order chi connectivity index (χ1) is 12.7. The molecule has 1 unspecified atom stereocenters. The van der Waals surface area contributed by atoms with Crippen molar-refractivity contribution in [2.45, 2.75) is 78.2 Å². The van der Waals surface area contributed by atoms with Crippen LogP contribution in [0.3, 0.4) is 0 Å². The fourth-order valence-corrected chi connectivity index (χ4v) is 7.81. The highest BCUT2D eigenvalue weighted by Gasteiger charge is 2.67. The summed E-state index contributed by atoms with van der Waals surface area (Å²) in [4.78, 5) is 36.6. The zero-order chi connectivity index (χ0) is 19.6. The molecular weight excluding hydrogens is 340 g/mol. The van der Waals surface area contributed by atoms with E-state index in [0.29, 0.717) is 48.2 Å². The maximum atomic E-state index is 12.8. The van der Waals surface area contributed by atoms with Gasteiger partial charge in [0.25, 0.3) is 0 Å². The van der Waals surface area contributed by atoms with E-state index in [9.17, 15) is 14.4 Å². The van der Waals surface area contributed by atoms with Gasteiger partial charge in [0.2, 0.25) is 0 Å². The molecule has 7 atom stereocenters. The molecule has 4 rings (SSSR count). The molecule has 0 aromatic heterocycles. The van der Waals surface area contributed by atoms with Crippen LogP contribution in [0.2, 0.25) is 0 Å². The molecule has 0 spiro atoms. The van der Waals surface area contributed by atoms with Crippen molar-refractivity contribution in [1.82, 2.24) is 0 Å². The van der Waals surface area contributed by atoms with Crippen LogP contribution < -0.4 is 0 Å². The lowest BCUT2D eigenvalue weighted by atomic mass is 9.47. The van der Waals surface area contributed by atoms with Crippen molar-refractivity contribution in [2.75, 3.05) is 0 Å². The molecule has 3 fully saturated rings. The first kappa shape index (κ1) is 18.9. The Hall–Kier alpha value is -1.45. The Labute approximate surface area is 162 Å². The summed E-state index contributed by atoms with van der Waals surface area (Å²) in [6.45, 7) is 7.54. The molecule has 0 bridgehead atoms. The Bertz CT molecular complexity index is 722. The Morgan fingerprint density at radius 2 is 1.89 bits per heavy atom. The second kappa shape index (κ2) is 6.28. The number of carbonyl (C=O) groups excluding carboxylic acids is 3. The number of fused-ring (bicyclic) bond motifs is 5. The second-order valence-corrected chi connectivity index (χ2v) is 9.83. The largest absolute Gasteiger partial charge is 0.451 e. The van der Waals surface area contributed by atoms with E-state index in [1.165, 1.54) is 12.5 Å². The SMILES string of the molecule is CC(=O)O[C@]1(C(C)=O)CC[C@H]2[C@@H]3CCC4=CC(=O)CC[C@@H]4C3[C@@H](C)C[C@@]21C. The lowest BCUT2D eigenvalue weighted by Crippen LogP contribution is -2.59. The summed E-state index contributed by atoms with van der Waals surface area (Å²) in [6, 6.07) is 0. The number of rotatable bonds is 2. The summed E-state index contributed by atoms with van der Waals surface area (Å²) in [5.74, 6) is 2.52. The van der Waals surface area contributed by atoms with Gasteiger partial charge < -0.3 is 4.74 Å². The molecule has 0 aromatic rings. The molecule has 0 N–H and O–H groups in total. The monoisotopic (exact) mass is 372 g/mol. The molecule has 4 aliphatic carbocycles. The number of carbonyl (C=O) groups is 3. The molecule has 0 aliphatic heterocycles. The van der Waals surface area contributed by atoms with E-state index >= 15 is 0 Å². The predicted octanol–water partition coefficient (Wildman–Crippen LogP) is 4.27. The summed E-state index contributed by atoms with van der Waals surface area (Å²) in [5, 5.41) is 0. The van der Waals surface area contributed by atoms with Crippen LogP contribution in [-0.4, -0.2) is 23.1 Å². The molecule has 148 valence electrons. The van der Waals surface area contributed by atoms with Gasteiger partial charge in [0.15, 0.2) is 17.2 Å². The van der Waals surface area contributed by atoms with Gasteiger partial charge in [0.1, 0.15) is 0 Å². The lowest BCUT2D eigenvalue weighted by molar-refractivity contribution is -0.189. The average molecular weight is 373 g/mol. The number of ketones is 2. The number of esters is 1. The highest BCUT2D eigenvalue weighted by atomic mass is 16.6. The van der Waals surface area contributed by atoms with Gasteiger partial charge in [-0.05, 0) is 81.1 Å². The Balaban J connectivity index is 1.71. The molecular formula is C23H32O4. The van der Waals surface area contributed by atoms with Gasteiger partial charge in [-0.2, -0.15) is 0 Å². The van der Waals surface area contributed by atoms with Crippen molar-refractivity contribution in [3.8, 4) is 0 Å². The van der Waals surface area contributed by atoms with Gasteiger partial charge >= 0.3 is 5.97 Å². The zero-order valence-corrected chi connectivity index (χ0v) is 17.0. The minimum atomic E-state index is -0.957. The third kappa shape index (κ3) is 2.58. The number of allylic oxidation sites excluding steroid dienone is 1. The van der Waals surface area contributed by atoms with Crippen LogP contribution >= 0.6 is 0 Å². The van der Waals surface area contributed by atoms with Crippen molar-refractivity contribution in [3.63, 3.8) is 0 Å². The van der Waals surface area contributed by atoms with Crippen LogP contribution in [0.25, 0.3) is 0 Å². The van der Waals surface area contributed by atoms with Crippen LogP contribution in [0.4, 0.5) is 0 Å². The maximum absolute atomic E-state index is 12.8. The Morgan fingerprint density at radius 3 is 2.56 bits per heavy atom. The molecule has 3 saturated carbocycles. The van der Waals surface area contributed by atoms with Crippen molar-refractivity contribution < 1.29 is 19.1 Å². The second-order valence-electron chi connectivity index (χ2n) is 9.83. The standard InChI is InChI=1S/C23H32O4/c1-13-12-22(4)20(9-10-23(22,14(2)24)27-15(3)25)19-7-5-16-11-17(26)6-8-18(16)21(13)19/h11,13,18-21H,5-10,12H2,1-4H3/t13-,18-,19-,20-,21?,22-,23-/m0/s1. The molecule has 0 heterocycles. The summed E-state index contributed by atoms with van der Waals surface area (Å²) in [6.07, 6.45) is 8.24. The first-order valence-electron chi connectivity index (χ1n) is 10.6. The Kier molecular flexibility index (Phi) is 4.40. The lowest BCUT2D eigenvalue weighted by Gasteiger charge is -2.58. The van der Waals surface area contributed by atoms with Crippen molar-refractivity contribution in [3.05, 3.63) is 11.6 Å². The highest BCUT2D eigenvalue weighted by Crippen LogP contribution is 2.67. The van der Waals surface area contributed by atoms with Crippen molar-refractivity contribution >= 4 is 17.5 Å². The van der Waals surface area contributed by atoms with Gasteiger partial charge in [0, 0.05) is 18.8 Å². The molecule has 4 nitrogen and oxygen atoms in total. The third-order valence-corrected chi connectivity index (χ3v) is 8.60. The van der Waals surface area contributed by atoms with Gasteiger partial charge in [-0.3, -0.25) is 14.4 Å². The van der Waals surface area contributed by atoms with E-state index in [1.54, 1.807) is 6.92 Å². The molecule has 27 heavy (non-hydrogen) atoms. The summed E-state index contributed by atoms with van der Waals surface area (Å²) >= 11 is 0. The fraction of sp³-hybridized carbons (Fsp3) is 0.783. The van der Waals surface area contributed by atoms with E-state index in [-0.39, 0.29) is 17.2 Å². The molecule has 4 aliphatic rings. The average Bonchev–Trinajstić information content (AvgIpc) is 2.87. The fourth-order valence-electron chi connectivity index (χ4n) is 7.81. The van der Waals surface area contributed by atoms with Crippen LogP contribution in [0, 0.1) is 35.0 Å². The number of ether oxygens (including phenoxy) is 1. The van der Waals surface area contributed by atoms with E-state index < -0.39 is 5.60 Å². The van der Waals surface area contributed by atoms with Crippen LogP contribution in [0.1, 0.15) is 72.6 Å². The number of hydrogen-bond donors (Lipinski definition) is 0. The predicted molar refractivity (Wildman–Crippen MR) is 102 cm³/mol. The summed E-state index contributed by atoms with van der Waals surface area (Å²) < 4.78 is 5.84. The van der Waals surface area contributed by atoms with Crippen LogP contribution in [0.5, 0.6) is 0 Å². The van der Waals surface area contributed by atoms with E-state index in [4.69, 9.17) is 4.74 Å². The smallest absolute Gasteiger partial charge is 0.303 e. The Morgan fingerprint density at radius 1 is 1.15 bits per heavy atom. The van der Waals surface area contributed by atoms with Gasteiger partial charge in [-0.1, -0.05) is 19.4 Å². The number of Topliss-reactive ketones (excluding diaryl/α,β-unsaturated/α-hetero) is 1. The summed E-state index contributed by atoms with van der Waals surface area (Å²) in [7, 11) is 0. The zero-order valence-electron chi connectivity index (χ0n) is 17.0. The third-order valence-electron chi connectivity index (χ3n) is 8.60. The highest BCUT2D eigenvalue weighted by molar-refractivity contribution is 5.91. The summed E-state index contributed by atoms with van der Waals surface area (Å²) in [5.41, 5.74) is 0.136. The molecule has 0 amide bonds. The normalized spacial score (nSPS) is 46.0. The van der Waals surface area contributed by atoms with Gasteiger partial charge in [0.05, 0.1) is 0 Å².